The van der Waals surface area contributed by atoms with Crippen LogP contribution in [-0.2, 0) is 10.0 Å². The van der Waals surface area contributed by atoms with Gasteiger partial charge in [-0.25, -0.2) is 12.8 Å². The van der Waals surface area contributed by atoms with Gasteiger partial charge in [-0.05, 0) is 48.7 Å². The molecule has 1 aliphatic rings. The molecule has 7 heteroatoms. The van der Waals surface area contributed by atoms with Crippen molar-refractivity contribution in [2.24, 2.45) is 0 Å². The Morgan fingerprint density at radius 1 is 1.12 bits per heavy atom. The van der Waals surface area contributed by atoms with Crippen molar-refractivity contribution < 1.29 is 17.5 Å². The zero-order valence-corrected chi connectivity index (χ0v) is 16.1. The number of ether oxygens (including phenoxy) is 1. The summed E-state index contributed by atoms with van der Waals surface area (Å²) in [5, 5.41) is -0.193. The van der Waals surface area contributed by atoms with Crippen LogP contribution in [0.15, 0.2) is 47.4 Å². The molecule has 1 saturated heterocycles. The normalized spacial score (nSPS) is 19.1. The second kappa shape index (κ2) is 7.94. The zero-order chi connectivity index (χ0) is 18.7. The van der Waals surface area contributed by atoms with Crippen molar-refractivity contribution in [2.75, 3.05) is 13.7 Å². The third-order valence-electron chi connectivity index (χ3n) is 4.70. The molecule has 4 nitrogen and oxygen atoms in total. The lowest BCUT2D eigenvalue weighted by Gasteiger charge is -2.29. The maximum atomic E-state index is 13.5. The highest BCUT2D eigenvalue weighted by atomic mass is 35.5. The van der Waals surface area contributed by atoms with Crippen molar-refractivity contribution in [3.05, 3.63) is 58.9 Å². The minimum atomic E-state index is -3.79. The van der Waals surface area contributed by atoms with Gasteiger partial charge in [0.2, 0.25) is 10.0 Å². The van der Waals surface area contributed by atoms with Gasteiger partial charge < -0.3 is 4.74 Å². The molecular weight excluding hydrogens is 377 g/mol. The molecule has 0 spiro atoms. The summed E-state index contributed by atoms with van der Waals surface area (Å²) >= 11 is 5.81. The molecule has 0 amide bonds. The molecule has 0 N–H and O–H groups in total. The molecule has 1 fully saturated rings. The number of methoxy groups -OCH3 is 1. The number of hydrogen-bond donors (Lipinski definition) is 0. The highest BCUT2D eigenvalue weighted by Gasteiger charge is 2.33. The highest BCUT2D eigenvalue weighted by Crippen LogP contribution is 2.36. The maximum Gasteiger partial charge on any atom is 0.243 e. The van der Waals surface area contributed by atoms with Gasteiger partial charge in [0.25, 0.3) is 0 Å². The van der Waals surface area contributed by atoms with Gasteiger partial charge in [-0.15, -0.1) is 0 Å². The molecule has 0 aliphatic carbocycles. The first kappa shape index (κ1) is 19.1. The van der Waals surface area contributed by atoms with Crippen molar-refractivity contribution in [3.63, 3.8) is 0 Å². The molecule has 26 heavy (non-hydrogen) atoms. The van der Waals surface area contributed by atoms with E-state index < -0.39 is 15.8 Å². The van der Waals surface area contributed by atoms with Crippen LogP contribution in [0.2, 0.25) is 5.02 Å². The van der Waals surface area contributed by atoms with Gasteiger partial charge in [-0.1, -0.05) is 36.6 Å². The SMILES string of the molecule is COc1ccc([C@@H]2CCCCCN2S(=O)(=O)c2ccc(F)c(Cl)c2)cc1. The van der Waals surface area contributed by atoms with Gasteiger partial charge in [-0.2, -0.15) is 4.31 Å². The smallest absolute Gasteiger partial charge is 0.243 e. The Morgan fingerprint density at radius 2 is 1.85 bits per heavy atom. The van der Waals surface area contributed by atoms with Crippen LogP contribution in [-0.4, -0.2) is 26.4 Å². The van der Waals surface area contributed by atoms with Gasteiger partial charge in [0.15, 0.2) is 0 Å². The fourth-order valence-corrected chi connectivity index (χ4v) is 5.26. The third kappa shape index (κ3) is 3.87. The van der Waals surface area contributed by atoms with Crippen molar-refractivity contribution in [3.8, 4) is 5.75 Å². The molecule has 0 saturated carbocycles. The first-order valence-electron chi connectivity index (χ1n) is 8.54. The van der Waals surface area contributed by atoms with Crippen LogP contribution in [0.3, 0.4) is 0 Å². The van der Waals surface area contributed by atoms with Gasteiger partial charge >= 0.3 is 0 Å². The van der Waals surface area contributed by atoms with Crippen molar-refractivity contribution in [2.45, 2.75) is 36.6 Å². The Balaban J connectivity index is 2.00. The van der Waals surface area contributed by atoms with Crippen molar-refractivity contribution in [1.82, 2.24) is 4.31 Å². The Hall–Kier alpha value is -1.63. The number of nitrogens with zero attached hydrogens (tertiary/aromatic N) is 1. The summed E-state index contributed by atoms with van der Waals surface area (Å²) < 4.78 is 46.6. The standard InChI is InChI=1S/C19H21ClFNO3S/c1-25-15-8-6-14(7-9-15)19-5-3-2-4-12-22(19)26(23,24)16-10-11-18(21)17(20)13-16/h6-11,13,19H,2-5,12H2,1H3/t19-/m0/s1. The van der Waals surface area contributed by atoms with E-state index >= 15 is 0 Å². The predicted molar refractivity (Wildman–Crippen MR) is 99.5 cm³/mol. The average molecular weight is 398 g/mol. The van der Waals surface area contributed by atoms with Crippen LogP contribution < -0.4 is 4.74 Å². The fraction of sp³-hybridized carbons (Fsp3) is 0.368. The van der Waals surface area contributed by atoms with Gasteiger partial charge in [0.1, 0.15) is 11.6 Å². The lowest BCUT2D eigenvalue weighted by Crippen LogP contribution is -2.34. The minimum absolute atomic E-state index is 0.0179. The van der Waals surface area contributed by atoms with E-state index in [1.54, 1.807) is 7.11 Å². The number of halogens is 2. The summed E-state index contributed by atoms with van der Waals surface area (Å²) in [5.74, 6) is 0.0929. The lowest BCUT2D eigenvalue weighted by atomic mass is 10.0. The molecule has 1 aliphatic heterocycles. The first-order valence-corrected chi connectivity index (χ1v) is 10.4. The van der Waals surface area contributed by atoms with E-state index in [1.807, 2.05) is 24.3 Å². The Morgan fingerprint density at radius 3 is 2.50 bits per heavy atom. The van der Waals surface area contributed by atoms with Crippen LogP contribution in [0.25, 0.3) is 0 Å². The Labute approximate surface area is 158 Å². The van der Waals surface area contributed by atoms with Crippen LogP contribution in [0.4, 0.5) is 4.39 Å². The van der Waals surface area contributed by atoms with E-state index in [0.717, 1.165) is 43.1 Å². The van der Waals surface area contributed by atoms with E-state index in [1.165, 1.54) is 16.4 Å². The number of rotatable bonds is 4. The fourth-order valence-electron chi connectivity index (χ4n) is 3.30. The van der Waals surface area contributed by atoms with E-state index in [2.05, 4.69) is 0 Å². The van der Waals surface area contributed by atoms with E-state index in [4.69, 9.17) is 16.3 Å². The molecule has 0 aromatic heterocycles. The first-order chi connectivity index (χ1) is 12.4. The van der Waals surface area contributed by atoms with Crippen molar-refractivity contribution in [1.29, 1.82) is 0 Å². The summed E-state index contributed by atoms with van der Waals surface area (Å²) in [6.45, 7) is 0.425. The summed E-state index contributed by atoms with van der Waals surface area (Å²) in [6, 6.07) is 10.7. The molecule has 0 radical (unpaired) electrons. The number of sulfonamides is 1. The number of hydrogen-bond acceptors (Lipinski definition) is 3. The molecule has 2 aromatic rings. The Kier molecular flexibility index (Phi) is 5.85. The van der Waals surface area contributed by atoms with Crippen molar-refractivity contribution >= 4 is 21.6 Å². The molecular formula is C19H21ClFNO3S. The predicted octanol–water partition coefficient (Wildman–Crippen LogP) is 4.79. The molecule has 140 valence electrons. The van der Waals surface area contributed by atoms with Gasteiger partial charge in [0.05, 0.1) is 23.1 Å². The van der Waals surface area contributed by atoms with Gasteiger partial charge in [0, 0.05) is 6.54 Å². The lowest BCUT2D eigenvalue weighted by molar-refractivity contribution is 0.328. The summed E-state index contributed by atoms with van der Waals surface area (Å²) in [7, 11) is -2.19. The second-order valence-corrected chi connectivity index (χ2v) is 8.63. The summed E-state index contributed by atoms with van der Waals surface area (Å²) in [4.78, 5) is 0.0179. The Bertz CT molecular complexity index is 871. The number of benzene rings is 2. The average Bonchev–Trinajstić information content (AvgIpc) is 2.90. The molecule has 0 unspecified atom stereocenters. The van der Waals surface area contributed by atoms with E-state index in [0.29, 0.717) is 6.54 Å². The highest BCUT2D eigenvalue weighted by molar-refractivity contribution is 7.89. The molecule has 2 aromatic carbocycles. The van der Waals surface area contributed by atoms with E-state index in [-0.39, 0.29) is 16.0 Å². The molecule has 1 atom stereocenters. The monoisotopic (exact) mass is 397 g/mol. The largest absolute Gasteiger partial charge is 0.497 e. The third-order valence-corrected chi connectivity index (χ3v) is 6.90. The van der Waals surface area contributed by atoms with Crippen LogP contribution >= 0.6 is 11.6 Å². The van der Waals surface area contributed by atoms with Gasteiger partial charge in [-0.3, -0.25) is 0 Å². The zero-order valence-electron chi connectivity index (χ0n) is 14.5. The van der Waals surface area contributed by atoms with E-state index in [9.17, 15) is 12.8 Å². The van der Waals surface area contributed by atoms with Crippen LogP contribution in [0.1, 0.15) is 37.3 Å². The summed E-state index contributed by atoms with van der Waals surface area (Å²) in [6.07, 6.45) is 3.46. The topological polar surface area (TPSA) is 46.6 Å². The van der Waals surface area contributed by atoms with Crippen LogP contribution in [0, 0.1) is 5.82 Å². The van der Waals surface area contributed by atoms with Crippen LogP contribution in [0.5, 0.6) is 5.75 Å². The minimum Gasteiger partial charge on any atom is -0.497 e. The molecule has 0 bridgehead atoms. The molecule has 3 rings (SSSR count). The quantitative estimate of drug-likeness (QED) is 0.744. The second-order valence-electron chi connectivity index (χ2n) is 6.33. The maximum absolute atomic E-state index is 13.5. The molecule has 1 heterocycles. The summed E-state index contributed by atoms with van der Waals surface area (Å²) in [5.41, 5.74) is 0.921.